The van der Waals surface area contributed by atoms with Gasteiger partial charge in [0.15, 0.2) is 0 Å². The van der Waals surface area contributed by atoms with Crippen molar-refractivity contribution in [1.82, 2.24) is 9.80 Å². The first-order valence-electron chi connectivity index (χ1n) is 10.7. The van der Waals surface area contributed by atoms with E-state index in [1.165, 1.54) is 12.1 Å². The molecule has 2 rings (SSSR count). The third kappa shape index (κ3) is 7.65. The van der Waals surface area contributed by atoms with Gasteiger partial charge in [-0.25, -0.2) is 4.39 Å². The molecule has 0 aliphatic rings. The summed E-state index contributed by atoms with van der Waals surface area (Å²) in [6, 6.07) is 9.60. The number of carbonyl (C=O) groups excluding carboxylic acids is 2. The molecule has 2 amide bonds. The minimum absolute atomic E-state index is 0.00850. The number of nitrogens with zero attached hydrogens (tertiary/aromatic N) is 2. The van der Waals surface area contributed by atoms with Gasteiger partial charge in [0.1, 0.15) is 11.6 Å². The minimum atomic E-state index is -0.317. The first kappa shape index (κ1) is 23.6. The fourth-order valence-electron chi connectivity index (χ4n) is 3.28. The molecule has 1 aromatic carbocycles. The summed E-state index contributed by atoms with van der Waals surface area (Å²) in [4.78, 5) is 29.2. The van der Waals surface area contributed by atoms with Crippen LogP contribution in [0.25, 0.3) is 0 Å². The van der Waals surface area contributed by atoms with Gasteiger partial charge in [-0.15, -0.1) is 0 Å². The Bertz CT molecular complexity index is 772. The molecule has 0 spiro atoms. The van der Waals surface area contributed by atoms with Gasteiger partial charge in [-0.05, 0) is 50.1 Å². The lowest BCUT2D eigenvalue weighted by Crippen LogP contribution is -2.45. The van der Waals surface area contributed by atoms with E-state index in [0.29, 0.717) is 25.3 Å². The molecule has 1 aromatic heterocycles. The van der Waals surface area contributed by atoms with E-state index in [2.05, 4.69) is 6.92 Å². The second-order valence-corrected chi connectivity index (χ2v) is 7.88. The maximum Gasteiger partial charge on any atom is 0.242 e. The summed E-state index contributed by atoms with van der Waals surface area (Å²) >= 11 is 0. The highest BCUT2D eigenvalue weighted by Crippen LogP contribution is 2.14. The second kappa shape index (κ2) is 12.2. The summed E-state index contributed by atoms with van der Waals surface area (Å²) < 4.78 is 18.7. The highest BCUT2D eigenvalue weighted by Gasteiger charge is 2.24. The van der Waals surface area contributed by atoms with Crippen LogP contribution in [0.5, 0.6) is 0 Å². The van der Waals surface area contributed by atoms with Crippen molar-refractivity contribution in [3.8, 4) is 0 Å². The van der Waals surface area contributed by atoms with Crippen molar-refractivity contribution in [2.24, 2.45) is 0 Å². The Morgan fingerprint density at radius 3 is 2.33 bits per heavy atom. The van der Waals surface area contributed by atoms with E-state index >= 15 is 0 Å². The molecular weight excluding hydrogens is 383 g/mol. The van der Waals surface area contributed by atoms with Crippen LogP contribution in [-0.2, 0) is 22.7 Å². The molecule has 0 fully saturated rings. The lowest BCUT2D eigenvalue weighted by atomic mass is 10.1. The van der Waals surface area contributed by atoms with E-state index in [1.54, 1.807) is 34.3 Å². The van der Waals surface area contributed by atoms with Crippen LogP contribution in [-0.4, -0.2) is 34.2 Å². The largest absolute Gasteiger partial charge is 0.467 e. The molecule has 0 aliphatic heterocycles. The van der Waals surface area contributed by atoms with E-state index in [-0.39, 0.29) is 30.2 Å². The average Bonchev–Trinajstić information content (AvgIpc) is 3.23. The Morgan fingerprint density at radius 2 is 1.73 bits per heavy atom. The summed E-state index contributed by atoms with van der Waals surface area (Å²) in [6.45, 7) is 6.61. The second-order valence-electron chi connectivity index (χ2n) is 7.88. The molecule has 164 valence electrons. The van der Waals surface area contributed by atoms with Crippen LogP contribution in [0.3, 0.4) is 0 Å². The molecule has 2 aromatic rings. The fraction of sp³-hybridized carbons (Fsp3) is 0.500. The molecule has 0 unspecified atom stereocenters. The average molecular weight is 417 g/mol. The van der Waals surface area contributed by atoms with Gasteiger partial charge in [-0.3, -0.25) is 9.59 Å². The zero-order chi connectivity index (χ0) is 21.9. The van der Waals surface area contributed by atoms with Gasteiger partial charge in [-0.2, -0.15) is 0 Å². The minimum Gasteiger partial charge on any atom is -0.467 e. The Labute approximate surface area is 178 Å². The van der Waals surface area contributed by atoms with Gasteiger partial charge in [0.05, 0.1) is 19.4 Å². The fourth-order valence-corrected chi connectivity index (χ4v) is 3.28. The van der Waals surface area contributed by atoms with Crippen LogP contribution in [0.2, 0.25) is 0 Å². The summed E-state index contributed by atoms with van der Waals surface area (Å²) in [6.07, 6.45) is 6.12. The van der Waals surface area contributed by atoms with Crippen molar-refractivity contribution < 1.29 is 18.4 Å². The Hall–Kier alpha value is -2.63. The quantitative estimate of drug-likeness (QED) is 0.449. The molecule has 1 heterocycles. The maximum absolute atomic E-state index is 13.2. The number of amides is 2. The number of benzene rings is 1. The predicted molar refractivity (Wildman–Crippen MR) is 115 cm³/mol. The van der Waals surface area contributed by atoms with Crippen LogP contribution in [0.4, 0.5) is 4.39 Å². The van der Waals surface area contributed by atoms with Gasteiger partial charge in [0, 0.05) is 19.0 Å². The number of unbranched alkanes of at least 4 members (excludes halogenated alkanes) is 3. The number of hydrogen-bond acceptors (Lipinski definition) is 3. The van der Waals surface area contributed by atoms with Gasteiger partial charge in [0.25, 0.3) is 0 Å². The molecule has 5 nitrogen and oxygen atoms in total. The van der Waals surface area contributed by atoms with Crippen molar-refractivity contribution in [2.45, 2.75) is 72.0 Å². The van der Waals surface area contributed by atoms with Crippen molar-refractivity contribution in [3.05, 3.63) is 59.8 Å². The Kier molecular flexibility index (Phi) is 9.58. The van der Waals surface area contributed by atoms with E-state index in [4.69, 9.17) is 4.42 Å². The van der Waals surface area contributed by atoms with Gasteiger partial charge in [-0.1, -0.05) is 38.3 Å². The highest BCUT2D eigenvalue weighted by atomic mass is 19.1. The van der Waals surface area contributed by atoms with Crippen LogP contribution >= 0.6 is 0 Å². The lowest BCUT2D eigenvalue weighted by Gasteiger charge is -2.30. The molecule has 0 saturated carbocycles. The topological polar surface area (TPSA) is 53.8 Å². The van der Waals surface area contributed by atoms with E-state index < -0.39 is 0 Å². The summed E-state index contributed by atoms with van der Waals surface area (Å²) in [7, 11) is 0. The van der Waals surface area contributed by atoms with E-state index in [9.17, 15) is 14.0 Å². The first-order chi connectivity index (χ1) is 14.4. The van der Waals surface area contributed by atoms with Crippen molar-refractivity contribution in [3.63, 3.8) is 0 Å². The number of furan rings is 1. The Morgan fingerprint density at radius 1 is 1.00 bits per heavy atom. The van der Waals surface area contributed by atoms with Crippen LogP contribution in [0, 0.1) is 5.82 Å². The molecule has 6 heteroatoms. The Balaban J connectivity index is 2.07. The monoisotopic (exact) mass is 416 g/mol. The molecule has 0 atom stereocenters. The van der Waals surface area contributed by atoms with Crippen molar-refractivity contribution >= 4 is 11.8 Å². The molecular formula is C24H33FN2O3. The van der Waals surface area contributed by atoms with Crippen LogP contribution < -0.4 is 0 Å². The van der Waals surface area contributed by atoms with Crippen LogP contribution in [0.15, 0.2) is 47.1 Å². The van der Waals surface area contributed by atoms with E-state index in [1.807, 2.05) is 19.9 Å². The van der Waals surface area contributed by atoms with Crippen molar-refractivity contribution in [1.29, 1.82) is 0 Å². The van der Waals surface area contributed by atoms with Gasteiger partial charge < -0.3 is 14.2 Å². The highest BCUT2D eigenvalue weighted by molar-refractivity contribution is 5.85. The third-order valence-corrected chi connectivity index (χ3v) is 5.06. The van der Waals surface area contributed by atoms with Gasteiger partial charge in [0.2, 0.25) is 11.8 Å². The zero-order valence-corrected chi connectivity index (χ0v) is 18.3. The number of halogens is 1. The van der Waals surface area contributed by atoms with Gasteiger partial charge >= 0.3 is 0 Å². The zero-order valence-electron chi connectivity index (χ0n) is 18.3. The molecule has 0 bridgehead atoms. The normalized spacial score (nSPS) is 11.0. The smallest absolute Gasteiger partial charge is 0.242 e. The molecule has 0 saturated heterocycles. The number of hydrogen-bond donors (Lipinski definition) is 0. The SMILES string of the molecule is CCCCCCC(=O)N(CC(=O)N(Cc1ccc(F)cc1)Cc1ccco1)C(C)C. The summed E-state index contributed by atoms with van der Waals surface area (Å²) in [5.41, 5.74) is 0.818. The summed E-state index contributed by atoms with van der Waals surface area (Å²) in [5.74, 6) is 0.190. The number of carbonyl (C=O) groups is 2. The summed E-state index contributed by atoms with van der Waals surface area (Å²) in [5, 5.41) is 0. The standard InChI is InChI=1S/C24H33FN2O3/c1-4-5-6-7-10-23(28)27(19(2)3)18-24(29)26(17-22-9-8-15-30-22)16-20-11-13-21(25)14-12-20/h8-9,11-15,19H,4-7,10,16-18H2,1-3H3. The molecule has 30 heavy (non-hydrogen) atoms. The lowest BCUT2D eigenvalue weighted by molar-refractivity contribution is -0.143. The van der Waals surface area contributed by atoms with E-state index in [0.717, 1.165) is 31.2 Å². The van der Waals surface area contributed by atoms with Crippen LogP contribution in [0.1, 0.15) is 64.2 Å². The molecule has 0 aliphatic carbocycles. The first-order valence-corrected chi connectivity index (χ1v) is 10.7. The van der Waals surface area contributed by atoms with Crippen molar-refractivity contribution in [2.75, 3.05) is 6.54 Å². The predicted octanol–water partition coefficient (Wildman–Crippen LogP) is 5.15. The molecule has 0 N–H and O–H groups in total. The number of rotatable bonds is 12. The molecule has 0 radical (unpaired) electrons. The maximum atomic E-state index is 13.2. The third-order valence-electron chi connectivity index (χ3n) is 5.06.